The van der Waals surface area contributed by atoms with Crippen LogP contribution < -0.4 is 5.32 Å². The molecule has 2 aromatic carbocycles. The first-order valence-electron chi connectivity index (χ1n) is 8.90. The molecule has 1 atom stereocenters. The molecule has 4 nitrogen and oxygen atoms in total. The number of aryl methyl sites for hydroxylation is 1. The molecule has 0 saturated heterocycles. The molecule has 0 bridgehead atoms. The van der Waals surface area contributed by atoms with Crippen molar-refractivity contribution >= 4 is 23.1 Å². The highest BCUT2D eigenvalue weighted by Gasteiger charge is 2.42. The summed E-state index contributed by atoms with van der Waals surface area (Å²) in [6.45, 7) is 6.19. The lowest BCUT2D eigenvalue weighted by atomic mass is 9.87. The summed E-state index contributed by atoms with van der Waals surface area (Å²) >= 11 is 6.01. The normalized spacial score (nSPS) is 19.5. The summed E-state index contributed by atoms with van der Waals surface area (Å²) < 4.78 is 5.13. The van der Waals surface area contributed by atoms with Crippen LogP contribution in [-0.4, -0.2) is 30.3 Å². The van der Waals surface area contributed by atoms with Crippen molar-refractivity contribution in [3.8, 4) is 11.1 Å². The van der Waals surface area contributed by atoms with Gasteiger partial charge in [-0.1, -0.05) is 35.9 Å². The van der Waals surface area contributed by atoms with E-state index in [-0.39, 0.29) is 11.7 Å². The van der Waals surface area contributed by atoms with Crippen LogP contribution in [0.2, 0.25) is 5.02 Å². The van der Waals surface area contributed by atoms with Crippen molar-refractivity contribution in [3.05, 3.63) is 63.9 Å². The van der Waals surface area contributed by atoms with E-state index in [9.17, 15) is 9.90 Å². The molecule has 1 aliphatic heterocycles. The Morgan fingerprint density at radius 1 is 1.15 bits per heavy atom. The van der Waals surface area contributed by atoms with Gasteiger partial charge in [0.15, 0.2) is 0 Å². The van der Waals surface area contributed by atoms with Crippen LogP contribution in [0.25, 0.3) is 16.7 Å². The van der Waals surface area contributed by atoms with E-state index in [1.807, 2.05) is 57.2 Å². The number of halogens is 1. The number of hydrogen-bond acceptors (Lipinski definition) is 3. The minimum Gasteiger partial charge on any atom is -0.509 e. The number of rotatable bonds is 5. The van der Waals surface area contributed by atoms with Crippen LogP contribution in [0.1, 0.15) is 30.0 Å². The molecule has 3 rings (SSSR count). The molecule has 0 radical (unpaired) electrons. The molecule has 1 unspecified atom stereocenters. The van der Waals surface area contributed by atoms with Crippen molar-refractivity contribution in [3.63, 3.8) is 0 Å². The molecule has 1 aliphatic rings. The highest BCUT2D eigenvalue weighted by Crippen LogP contribution is 2.39. The molecular weight excluding hydrogens is 362 g/mol. The van der Waals surface area contributed by atoms with E-state index in [0.29, 0.717) is 23.6 Å². The first kappa shape index (κ1) is 19.5. The molecule has 0 aromatic heterocycles. The first-order valence-corrected chi connectivity index (χ1v) is 9.28. The van der Waals surface area contributed by atoms with Gasteiger partial charge >= 0.3 is 0 Å². The van der Waals surface area contributed by atoms with E-state index >= 15 is 0 Å². The highest BCUT2D eigenvalue weighted by molar-refractivity contribution is 6.30. The Bertz CT molecular complexity index is 918. The number of methoxy groups -OCH3 is 1. The molecule has 2 N–H and O–H groups in total. The lowest BCUT2D eigenvalue weighted by Gasteiger charge is -2.24. The molecule has 1 amide bonds. The third-order valence-electron chi connectivity index (χ3n) is 5.26. The lowest BCUT2D eigenvalue weighted by Crippen LogP contribution is -2.42. The van der Waals surface area contributed by atoms with Gasteiger partial charge in [-0.25, -0.2) is 0 Å². The predicted octanol–water partition coefficient (Wildman–Crippen LogP) is 4.82. The zero-order valence-electron chi connectivity index (χ0n) is 16.0. The fourth-order valence-electron chi connectivity index (χ4n) is 3.65. The Labute approximate surface area is 164 Å². The molecule has 0 spiro atoms. The minimum absolute atomic E-state index is 0.0732. The second kappa shape index (κ2) is 7.37. The minimum atomic E-state index is -0.822. The van der Waals surface area contributed by atoms with Gasteiger partial charge in [0.1, 0.15) is 5.76 Å². The largest absolute Gasteiger partial charge is 0.509 e. The van der Waals surface area contributed by atoms with Crippen molar-refractivity contribution in [1.82, 2.24) is 5.32 Å². The summed E-state index contributed by atoms with van der Waals surface area (Å²) in [4.78, 5) is 12.8. The van der Waals surface area contributed by atoms with Gasteiger partial charge in [-0.15, -0.1) is 0 Å². The summed E-state index contributed by atoms with van der Waals surface area (Å²) in [5, 5.41) is 14.5. The molecule has 0 aliphatic carbocycles. The lowest BCUT2D eigenvalue weighted by molar-refractivity contribution is -0.116. The van der Waals surface area contributed by atoms with E-state index in [0.717, 1.165) is 27.8 Å². The molecule has 5 heteroatoms. The maximum absolute atomic E-state index is 12.8. The fraction of sp³-hybridized carbons (Fsp3) is 0.318. The van der Waals surface area contributed by atoms with Crippen LogP contribution in [0.15, 0.2) is 42.2 Å². The van der Waals surface area contributed by atoms with Gasteiger partial charge in [-0.2, -0.15) is 0 Å². The van der Waals surface area contributed by atoms with Crippen LogP contribution in [-0.2, 0) is 9.53 Å². The van der Waals surface area contributed by atoms with Crippen molar-refractivity contribution < 1.29 is 14.6 Å². The van der Waals surface area contributed by atoms with Crippen molar-refractivity contribution in [1.29, 1.82) is 0 Å². The quantitative estimate of drug-likeness (QED) is 0.775. The zero-order chi connectivity index (χ0) is 19.8. The monoisotopic (exact) mass is 385 g/mol. The molecular formula is C22H24ClNO3. The predicted molar refractivity (Wildman–Crippen MR) is 109 cm³/mol. The van der Waals surface area contributed by atoms with Gasteiger partial charge in [0, 0.05) is 25.2 Å². The summed E-state index contributed by atoms with van der Waals surface area (Å²) in [6.07, 6.45) is 0.500. The molecule has 0 saturated carbocycles. The van der Waals surface area contributed by atoms with Gasteiger partial charge in [-0.05, 0) is 60.7 Å². The number of carbonyl (C=O) groups is 1. The molecule has 2 aromatic rings. The topological polar surface area (TPSA) is 58.6 Å². The summed E-state index contributed by atoms with van der Waals surface area (Å²) in [5.41, 5.74) is 4.21. The Balaban J connectivity index is 2.15. The SMILES string of the molecule is COCCC1(C)NC(=O)C(c2c(C)ccc(-c3ccc(Cl)cc3)c2C)=C1O. The number of ether oxygens (including phenoxy) is 1. The molecule has 1 heterocycles. The number of aliphatic hydroxyl groups is 1. The van der Waals surface area contributed by atoms with Crippen molar-refractivity contribution in [2.45, 2.75) is 32.7 Å². The maximum atomic E-state index is 12.8. The summed E-state index contributed by atoms with van der Waals surface area (Å²) in [6, 6.07) is 11.6. The Kier molecular flexibility index (Phi) is 5.31. The Morgan fingerprint density at radius 3 is 2.44 bits per heavy atom. The van der Waals surface area contributed by atoms with Crippen LogP contribution in [0.3, 0.4) is 0 Å². The number of carbonyl (C=O) groups excluding carboxylic acids is 1. The fourth-order valence-corrected chi connectivity index (χ4v) is 3.77. The number of nitrogens with one attached hydrogen (secondary N) is 1. The van der Waals surface area contributed by atoms with Crippen LogP contribution in [0.4, 0.5) is 0 Å². The van der Waals surface area contributed by atoms with E-state index in [4.69, 9.17) is 16.3 Å². The summed E-state index contributed by atoms with van der Waals surface area (Å²) in [7, 11) is 1.60. The third kappa shape index (κ3) is 3.47. The van der Waals surface area contributed by atoms with Crippen LogP contribution in [0, 0.1) is 13.8 Å². The second-order valence-corrected chi connectivity index (χ2v) is 7.63. The first-order chi connectivity index (χ1) is 12.8. The van der Waals surface area contributed by atoms with E-state index < -0.39 is 5.54 Å². The number of hydrogen-bond donors (Lipinski definition) is 2. The van der Waals surface area contributed by atoms with Gasteiger partial charge in [0.2, 0.25) is 0 Å². The second-order valence-electron chi connectivity index (χ2n) is 7.19. The van der Waals surface area contributed by atoms with E-state index in [2.05, 4.69) is 5.32 Å². The number of amides is 1. The van der Waals surface area contributed by atoms with Crippen molar-refractivity contribution in [2.24, 2.45) is 0 Å². The Morgan fingerprint density at radius 2 is 1.81 bits per heavy atom. The van der Waals surface area contributed by atoms with Crippen molar-refractivity contribution in [2.75, 3.05) is 13.7 Å². The van der Waals surface area contributed by atoms with E-state index in [1.165, 1.54) is 0 Å². The third-order valence-corrected chi connectivity index (χ3v) is 5.51. The number of aliphatic hydroxyl groups excluding tert-OH is 1. The zero-order valence-corrected chi connectivity index (χ0v) is 16.8. The van der Waals surface area contributed by atoms with Crippen LogP contribution >= 0.6 is 11.6 Å². The Hall–Kier alpha value is -2.30. The summed E-state index contributed by atoms with van der Waals surface area (Å²) in [5.74, 6) is -0.186. The molecule has 142 valence electrons. The van der Waals surface area contributed by atoms with Gasteiger partial charge in [0.25, 0.3) is 5.91 Å². The smallest absolute Gasteiger partial charge is 0.256 e. The number of benzene rings is 2. The maximum Gasteiger partial charge on any atom is 0.256 e. The van der Waals surface area contributed by atoms with Gasteiger partial charge < -0.3 is 15.2 Å². The van der Waals surface area contributed by atoms with Gasteiger partial charge in [-0.3, -0.25) is 4.79 Å². The highest BCUT2D eigenvalue weighted by atomic mass is 35.5. The molecule has 27 heavy (non-hydrogen) atoms. The molecule has 0 fully saturated rings. The van der Waals surface area contributed by atoms with Crippen LogP contribution in [0.5, 0.6) is 0 Å². The standard InChI is InChI=1S/C22H24ClNO3/c1-13-5-10-17(15-6-8-16(23)9-7-15)14(2)18(13)19-20(25)22(3,11-12-27-4)24-21(19)26/h5-10,25H,11-12H2,1-4H3,(H,24,26). The average molecular weight is 386 g/mol. The average Bonchev–Trinajstić information content (AvgIpc) is 2.85. The van der Waals surface area contributed by atoms with Gasteiger partial charge in [0.05, 0.1) is 11.1 Å². The van der Waals surface area contributed by atoms with E-state index in [1.54, 1.807) is 7.11 Å².